The Bertz CT molecular complexity index is 295. The number of halogens is 1. The molecule has 0 aliphatic heterocycles. The van der Waals surface area contributed by atoms with E-state index in [1.54, 1.807) is 12.3 Å². The molecule has 3 nitrogen and oxygen atoms in total. The fraction of sp³-hybridized carbons (Fsp3) is 0.429. The number of hydrogen-bond donors (Lipinski definition) is 0. The molecule has 0 atom stereocenters. The maximum atomic E-state index is 11.1. The van der Waals surface area contributed by atoms with E-state index in [0.717, 1.165) is 5.56 Å². The summed E-state index contributed by atoms with van der Waals surface area (Å²) in [4.78, 5) is 11.1. The zero-order chi connectivity index (χ0) is 8.27. The van der Waals surface area contributed by atoms with Crippen LogP contribution in [0.3, 0.4) is 0 Å². The summed E-state index contributed by atoms with van der Waals surface area (Å²) in [6.45, 7) is 2.31. The lowest BCUT2D eigenvalue weighted by Gasteiger charge is -1.99. The minimum atomic E-state index is -0.0920. The molecule has 0 unspecified atom stereocenters. The monoisotopic (exact) mass is 172 g/mol. The molecule has 1 aromatic rings. The van der Waals surface area contributed by atoms with Crippen LogP contribution in [0.25, 0.3) is 0 Å². The van der Waals surface area contributed by atoms with Crippen molar-refractivity contribution in [2.45, 2.75) is 13.5 Å². The molecule has 0 saturated heterocycles. The van der Waals surface area contributed by atoms with Crippen LogP contribution >= 0.6 is 11.6 Å². The Morgan fingerprint density at radius 1 is 1.73 bits per heavy atom. The number of nitrogens with zero attached hydrogens (tertiary/aromatic N) is 2. The zero-order valence-electron chi connectivity index (χ0n) is 6.25. The number of rotatable bonds is 2. The van der Waals surface area contributed by atoms with E-state index in [0.29, 0.717) is 12.4 Å². The second-order valence-corrected chi connectivity index (χ2v) is 2.66. The molecule has 0 bridgehead atoms. The smallest absolute Gasteiger partial charge is 0.267 e. The van der Waals surface area contributed by atoms with Gasteiger partial charge in [0, 0.05) is 11.9 Å². The molecule has 0 saturated carbocycles. The SMILES string of the molecule is Cc1cnn(CCCl)c(=O)c1. The van der Waals surface area contributed by atoms with Crippen molar-refractivity contribution < 1.29 is 0 Å². The summed E-state index contributed by atoms with van der Waals surface area (Å²) < 4.78 is 1.35. The number of alkyl halides is 1. The van der Waals surface area contributed by atoms with Crippen molar-refractivity contribution in [1.82, 2.24) is 9.78 Å². The van der Waals surface area contributed by atoms with Crippen molar-refractivity contribution in [2.24, 2.45) is 0 Å². The van der Waals surface area contributed by atoms with Gasteiger partial charge in [-0.2, -0.15) is 5.10 Å². The third kappa shape index (κ3) is 2.05. The van der Waals surface area contributed by atoms with Crippen LogP contribution in [0.4, 0.5) is 0 Å². The lowest BCUT2D eigenvalue weighted by molar-refractivity contribution is 0.616. The van der Waals surface area contributed by atoms with Crippen molar-refractivity contribution in [3.63, 3.8) is 0 Å². The highest BCUT2D eigenvalue weighted by Crippen LogP contribution is 1.86. The largest absolute Gasteiger partial charge is 0.268 e. The maximum Gasteiger partial charge on any atom is 0.267 e. The van der Waals surface area contributed by atoms with E-state index in [4.69, 9.17) is 11.6 Å². The Kier molecular flexibility index (Phi) is 2.65. The topological polar surface area (TPSA) is 34.9 Å². The zero-order valence-corrected chi connectivity index (χ0v) is 7.01. The predicted molar refractivity (Wildman–Crippen MR) is 44.0 cm³/mol. The molecule has 0 aromatic carbocycles. The van der Waals surface area contributed by atoms with Crippen LogP contribution in [-0.4, -0.2) is 15.7 Å². The van der Waals surface area contributed by atoms with E-state index >= 15 is 0 Å². The molecule has 0 amide bonds. The number of aromatic nitrogens is 2. The van der Waals surface area contributed by atoms with E-state index in [-0.39, 0.29) is 5.56 Å². The Morgan fingerprint density at radius 3 is 3.00 bits per heavy atom. The highest BCUT2D eigenvalue weighted by molar-refractivity contribution is 6.17. The molecule has 0 aliphatic carbocycles. The van der Waals surface area contributed by atoms with Crippen LogP contribution in [0.5, 0.6) is 0 Å². The van der Waals surface area contributed by atoms with Crippen LogP contribution in [-0.2, 0) is 6.54 Å². The first-order valence-electron chi connectivity index (χ1n) is 3.34. The molecule has 0 fully saturated rings. The van der Waals surface area contributed by atoms with Gasteiger partial charge in [-0.1, -0.05) is 0 Å². The predicted octanol–water partition coefficient (Wildman–Crippen LogP) is 0.791. The van der Waals surface area contributed by atoms with Gasteiger partial charge in [0.05, 0.1) is 12.7 Å². The van der Waals surface area contributed by atoms with E-state index in [2.05, 4.69) is 5.10 Å². The van der Waals surface area contributed by atoms with Gasteiger partial charge in [-0.15, -0.1) is 11.6 Å². The van der Waals surface area contributed by atoms with Crippen molar-refractivity contribution in [2.75, 3.05) is 5.88 Å². The third-order valence-electron chi connectivity index (χ3n) is 1.30. The van der Waals surface area contributed by atoms with E-state index in [1.807, 2.05) is 6.92 Å². The van der Waals surface area contributed by atoms with Crippen molar-refractivity contribution in [3.8, 4) is 0 Å². The average Bonchev–Trinajstić information content (AvgIpc) is 1.95. The first kappa shape index (κ1) is 8.27. The molecule has 1 heterocycles. The van der Waals surface area contributed by atoms with E-state index in [9.17, 15) is 4.79 Å². The molecule has 0 radical (unpaired) electrons. The number of aryl methyl sites for hydroxylation is 2. The van der Waals surface area contributed by atoms with Gasteiger partial charge in [0.1, 0.15) is 0 Å². The van der Waals surface area contributed by atoms with Gasteiger partial charge in [0.25, 0.3) is 5.56 Å². The lowest BCUT2D eigenvalue weighted by atomic mass is 10.3. The van der Waals surface area contributed by atoms with Gasteiger partial charge in [0.2, 0.25) is 0 Å². The molecule has 1 aromatic heterocycles. The average molecular weight is 173 g/mol. The summed E-state index contributed by atoms with van der Waals surface area (Å²) in [6, 6.07) is 1.54. The molecular weight excluding hydrogens is 164 g/mol. The Hall–Kier alpha value is -0.830. The molecule has 0 N–H and O–H groups in total. The summed E-state index contributed by atoms with van der Waals surface area (Å²) in [5, 5.41) is 3.89. The fourth-order valence-electron chi connectivity index (χ4n) is 0.772. The Labute approximate surface area is 69.6 Å². The molecule has 60 valence electrons. The van der Waals surface area contributed by atoms with Crippen LogP contribution in [0.15, 0.2) is 17.1 Å². The fourth-order valence-corrected chi connectivity index (χ4v) is 0.932. The standard InChI is InChI=1S/C7H9ClN2O/c1-6-4-7(11)10(3-2-8)9-5-6/h4-5H,2-3H2,1H3. The molecule has 0 spiro atoms. The van der Waals surface area contributed by atoms with Crippen molar-refractivity contribution in [1.29, 1.82) is 0 Å². The summed E-state index contributed by atoms with van der Waals surface area (Å²) >= 11 is 5.45. The van der Waals surface area contributed by atoms with E-state index < -0.39 is 0 Å². The van der Waals surface area contributed by atoms with Crippen molar-refractivity contribution in [3.05, 3.63) is 28.2 Å². The normalized spacial score (nSPS) is 10.0. The summed E-state index contributed by atoms with van der Waals surface area (Å²) in [5.41, 5.74) is 0.784. The third-order valence-corrected chi connectivity index (χ3v) is 1.47. The van der Waals surface area contributed by atoms with Gasteiger partial charge in [0.15, 0.2) is 0 Å². The Morgan fingerprint density at radius 2 is 2.45 bits per heavy atom. The molecular formula is C7H9ClN2O. The van der Waals surface area contributed by atoms with Crippen LogP contribution < -0.4 is 5.56 Å². The van der Waals surface area contributed by atoms with Crippen LogP contribution in [0.1, 0.15) is 5.56 Å². The highest BCUT2D eigenvalue weighted by Gasteiger charge is 1.94. The van der Waals surface area contributed by atoms with Gasteiger partial charge in [-0.25, -0.2) is 4.68 Å². The molecule has 1 rings (SSSR count). The van der Waals surface area contributed by atoms with Crippen LogP contribution in [0, 0.1) is 6.92 Å². The summed E-state index contributed by atoms with van der Waals surface area (Å²) in [5.74, 6) is 0.413. The minimum Gasteiger partial charge on any atom is -0.268 e. The summed E-state index contributed by atoms with van der Waals surface area (Å²) in [6.07, 6.45) is 1.65. The van der Waals surface area contributed by atoms with Crippen LogP contribution in [0.2, 0.25) is 0 Å². The van der Waals surface area contributed by atoms with Crippen molar-refractivity contribution >= 4 is 11.6 Å². The van der Waals surface area contributed by atoms with Gasteiger partial charge in [-0.3, -0.25) is 4.79 Å². The first-order chi connectivity index (χ1) is 5.24. The van der Waals surface area contributed by atoms with Gasteiger partial charge in [-0.05, 0) is 12.5 Å². The molecule has 11 heavy (non-hydrogen) atoms. The van der Waals surface area contributed by atoms with E-state index in [1.165, 1.54) is 4.68 Å². The lowest BCUT2D eigenvalue weighted by Crippen LogP contribution is -2.22. The quantitative estimate of drug-likeness (QED) is 0.619. The number of hydrogen-bond acceptors (Lipinski definition) is 2. The first-order valence-corrected chi connectivity index (χ1v) is 3.87. The second-order valence-electron chi connectivity index (χ2n) is 2.28. The summed E-state index contributed by atoms with van der Waals surface area (Å²) in [7, 11) is 0. The Balaban J connectivity index is 3.00. The minimum absolute atomic E-state index is 0.0920. The van der Waals surface area contributed by atoms with Gasteiger partial charge >= 0.3 is 0 Å². The van der Waals surface area contributed by atoms with Gasteiger partial charge < -0.3 is 0 Å². The highest BCUT2D eigenvalue weighted by atomic mass is 35.5. The molecule has 0 aliphatic rings. The second kappa shape index (κ2) is 3.53. The maximum absolute atomic E-state index is 11.1. The molecule has 4 heteroatoms.